The molecule has 0 radical (unpaired) electrons. The molecule has 112 valence electrons. The van der Waals surface area contributed by atoms with Gasteiger partial charge in [-0.05, 0) is 36.2 Å². The Bertz CT molecular complexity index is 818. The van der Waals surface area contributed by atoms with Crippen molar-refractivity contribution in [2.75, 3.05) is 13.1 Å². The van der Waals surface area contributed by atoms with Crippen molar-refractivity contribution in [1.82, 2.24) is 14.3 Å². The first-order valence-corrected chi connectivity index (χ1v) is 8.39. The number of rotatable bonds is 3. The second kappa shape index (κ2) is 5.52. The van der Waals surface area contributed by atoms with E-state index in [1.165, 1.54) is 21.3 Å². The van der Waals surface area contributed by atoms with E-state index in [0.29, 0.717) is 5.92 Å². The van der Waals surface area contributed by atoms with Crippen molar-refractivity contribution < 1.29 is 0 Å². The molecule has 3 heterocycles. The Balaban J connectivity index is 1.46. The molecule has 1 fully saturated rings. The van der Waals surface area contributed by atoms with Gasteiger partial charge in [-0.25, -0.2) is 4.98 Å². The third-order valence-corrected chi connectivity index (χ3v) is 5.16. The number of imidazole rings is 1. The molecule has 0 aliphatic carbocycles. The molecule has 22 heavy (non-hydrogen) atoms. The second-order valence-electron chi connectivity index (χ2n) is 6.09. The van der Waals surface area contributed by atoms with Crippen LogP contribution in [-0.4, -0.2) is 27.4 Å². The van der Waals surface area contributed by atoms with E-state index < -0.39 is 0 Å². The number of nitrogens with zero attached hydrogens (tertiary/aromatic N) is 3. The first kappa shape index (κ1) is 14.0. The number of halogens is 1. The van der Waals surface area contributed by atoms with Crippen molar-refractivity contribution >= 4 is 21.6 Å². The van der Waals surface area contributed by atoms with Gasteiger partial charge in [0.25, 0.3) is 0 Å². The van der Waals surface area contributed by atoms with Crippen LogP contribution in [0.1, 0.15) is 22.7 Å². The lowest BCUT2D eigenvalue weighted by Crippen LogP contribution is -2.44. The third-order valence-electron chi connectivity index (χ3n) is 4.43. The molecule has 0 unspecified atom stereocenters. The molecule has 4 rings (SSSR count). The fraction of sp³-hybridized carbons (Fsp3) is 0.278. The SMILES string of the molecule is Cc1ccn2c(CN3CC(c4ccccc4Br)C3)cnc2c1. The van der Waals surface area contributed by atoms with E-state index >= 15 is 0 Å². The minimum atomic E-state index is 0.636. The maximum absolute atomic E-state index is 4.51. The minimum Gasteiger partial charge on any atom is -0.303 e. The van der Waals surface area contributed by atoms with Gasteiger partial charge in [0, 0.05) is 36.2 Å². The van der Waals surface area contributed by atoms with Crippen LogP contribution in [-0.2, 0) is 6.54 Å². The summed E-state index contributed by atoms with van der Waals surface area (Å²) in [7, 11) is 0. The summed E-state index contributed by atoms with van der Waals surface area (Å²) in [5, 5.41) is 0. The Hall–Kier alpha value is -1.65. The highest BCUT2D eigenvalue weighted by Crippen LogP contribution is 2.32. The van der Waals surface area contributed by atoms with E-state index in [1.807, 2.05) is 6.20 Å². The second-order valence-corrected chi connectivity index (χ2v) is 6.95. The molecule has 1 aromatic carbocycles. The fourth-order valence-electron chi connectivity index (χ4n) is 3.18. The summed E-state index contributed by atoms with van der Waals surface area (Å²) < 4.78 is 3.42. The Labute approximate surface area is 138 Å². The summed E-state index contributed by atoms with van der Waals surface area (Å²) in [4.78, 5) is 6.99. The van der Waals surface area contributed by atoms with Crippen LogP contribution in [0.3, 0.4) is 0 Å². The van der Waals surface area contributed by atoms with E-state index in [4.69, 9.17) is 0 Å². The first-order valence-electron chi connectivity index (χ1n) is 7.60. The number of pyridine rings is 1. The summed E-state index contributed by atoms with van der Waals surface area (Å²) in [6.45, 7) is 5.29. The van der Waals surface area contributed by atoms with Crippen molar-refractivity contribution in [3.8, 4) is 0 Å². The van der Waals surface area contributed by atoms with Gasteiger partial charge in [-0.2, -0.15) is 0 Å². The van der Waals surface area contributed by atoms with E-state index in [-0.39, 0.29) is 0 Å². The van der Waals surface area contributed by atoms with E-state index in [9.17, 15) is 0 Å². The Morgan fingerprint density at radius 3 is 2.86 bits per heavy atom. The number of fused-ring (bicyclic) bond motifs is 1. The first-order chi connectivity index (χ1) is 10.7. The number of hydrogen-bond acceptors (Lipinski definition) is 2. The fourth-order valence-corrected chi connectivity index (χ4v) is 3.79. The molecule has 0 atom stereocenters. The van der Waals surface area contributed by atoms with Crippen LogP contribution in [0.4, 0.5) is 0 Å². The van der Waals surface area contributed by atoms with Crippen LogP contribution in [0.2, 0.25) is 0 Å². The monoisotopic (exact) mass is 355 g/mol. The average molecular weight is 356 g/mol. The van der Waals surface area contributed by atoms with E-state index in [1.54, 1.807) is 0 Å². The van der Waals surface area contributed by atoms with Crippen LogP contribution in [0, 0.1) is 6.92 Å². The highest BCUT2D eigenvalue weighted by Gasteiger charge is 2.29. The molecular weight excluding hydrogens is 338 g/mol. The molecule has 1 saturated heterocycles. The lowest BCUT2D eigenvalue weighted by atomic mass is 9.91. The molecule has 0 N–H and O–H groups in total. The number of aryl methyl sites for hydroxylation is 1. The largest absolute Gasteiger partial charge is 0.303 e. The van der Waals surface area contributed by atoms with Gasteiger partial charge in [-0.1, -0.05) is 34.1 Å². The van der Waals surface area contributed by atoms with Crippen molar-refractivity contribution in [1.29, 1.82) is 0 Å². The molecule has 3 nitrogen and oxygen atoms in total. The van der Waals surface area contributed by atoms with Crippen LogP contribution in [0.15, 0.2) is 53.3 Å². The Kier molecular flexibility index (Phi) is 3.51. The lowest BCUT2D eigenvalue weighted by Gasteiger charge is -2.39. The summed E-state index contributed by atoms with van der Waals surface area (Å²) in [5.74, 6) is 0.636. The summed E-state index contributed by atoms with van der Waals surface area (Å²) >= 11 is 3.66. The molecule has 0 spiro atoms. The Morgan fingerprint density at radius 2 is 2.05 bits per heavy atom. The van der Waals surface area contributed by atoms with Gasteiger partial charge < -0.3 is 4.40 Å². The topological polar surface area (TPSA) is 20.5 Å². The van der Waals surface area contributed by atoms with Crippen LogP contribution >= 0.6 is 15.9 Å². The third kappa shape index (κ3) is 2.46. The molecule has 0 amide bonds. The van der Waals surface area contributed by atoms with E-state index in [2.05, 4.69) is 79.7 Å². The number of hydrogen-bond donors (Lipinski definition) is 0. The van der Waals surface area contributed by atoms with Gasteiger partial charge in [-0.15, -0.1) is 0 Å². The maximum atomic E-state index is 4.51. The number of likely N-dealkylation sites (tertiary alicyclic amines) is 1. The van der Waals surface area contributed by atoms with Crippen molar-refractivity contribution in [3.63, 3.8) is 0 Å². The zero-order chi connectivity index (χ0) is 15.1. The molecule has 2 aromatic heterocycles. The quantitative estimate of drug-likeness (QED) is 0.707. The minimum absolute atomic E-state index is 0.636. The van der Waals surface area contributed by atoms with Gasteiger partial charge in [0.2, 0.25) is 0 Å². The zero-order valence-electron chi connectivity index (χ0n) is 12.5. The standard InChI is InChI=1S/C18H18BrN3/c1-13-6-7-22-15(9-20-18(22)8-13)12-21-10-14(11-21)16-4-2-3-5-17(16)19/h2-9,14H,10-12H2,1H3. The van der Waals surface area contributed by atoms with Crippen LogP contribution in [0.5, 0.6) is 0 Å². The van der Waals surface area contributed by atoms with Gasteiger partial charge in [0.05, 0.1) is 11.9 Å². The highest BCUT2D eigenvalue weighted by molar-refractivity contribution is 9.10. The molecule has 4 heteroatoms. The van der Waals surface area contributed by atoms with Crippen molar-refractivity contribution in [2.24, 2.45) is 0 Å². The summed E-state index contributed by atoms with van der Waals surface area (Å²) in [6, 6.07) is 12.8. The predicted octanol–water partition coefficient (Wildman–Crippen LogP) is 4.00. The van der Waals surface area contributed by atoms with Crippen molar-refractivity contribution in [2.45, 2.75) is 19.4 Å². The van der Waals surface area contributed by atoms with Gasteiger partial charge in [0.15, 0.2) is 0 Å². The molecule has 0 saturated carbocycles. The van der Waals surface area contributed by atoms with E-state index in [0.717, 1.165) is 25.3 Å². The van der Waals surface area contributed by atoms with Crippen LogP contribution < -0.4 is 0 Å². The molecular formula is C18H18BrN3. The molecule has 1 aliphatic rings. The number of benzene rings is 1. The average Bonchev–Trinajstić information content (AvgIpc) is 2.85. The van der Waals surface area contributed by atoms with Gasteiger partial charge >= 0.3 is 0 Å². The molecule has 0 bridgehead atoms. The van der Waals surface area contributed by atoms with Gasteiger partial charge in [0.1, 0.15) is 5.65 Å². The normalized spacial score (nSPS) is 16.1. The van der Waals surface area contributed by atoms with Crippen LogP contribution in [0.25, 0.3) is 5.65 Å². The highest BCUT2D eigenvalue weighted by atomic mass is 79.9. The zero-order valence-corrected chi connectivity index (χ0v) is 14.1. The summed E-state index contributed by atoms with van der Waals surface area (Å²) in [5.41, 5.74) is 4.98. The van der Waals surface area contributed by atoms with Crippen molar-refractivity contribution in [3.05, 3.63) is 70.1 Å². The maximum Gasteiger partial charge on any atom is 0.137 e. The van der Waals surface area contributed by atoms with Gasteiger partial charge in [-0.3, -0.25) is 4.90 Å². The predicted molar refractivity (Wildman–Crippen MR) is 92.1 cm³/mol. The molecule has 3 aromatic rings. The lowest BCUT2D eigenvalue weighted by molar-refractivity contribution is 0.137. The molecule has 1 aliphatic heterocycles. The smallest absolute Gasteiger partial charge is 0.137 e. The number of aromatic nitrogens is 2. The Morgan fingerprint density at radius 1 is 1.23 bits per heavy atom. The summed E-state index contributed by atoms with van der Waals surface area (Å²) in [6.07, 6.45) is 4.12.